The third-order valence-electron chi connectivity index (χ3n) is 3.48. The maximum Gasteiger partial charge on any atom is 0.573 e. The quantitative estimate of drug-likeness (QED) is 0.398. The standard InChI is InChI=1S/C18H12BrF5N2O3.C2H6/c1-17(8-25,9-28-15-7-14(21)13(20)6-12(15)19)26-16(27)10-2-4-11(5-3-10)29-18(22,23)24;1-2/h2-7H,9H2,1H3,(H,26,27);1-2H3. The molecule has 0 aliphatic carbocycles. The fraction of sp³-hybridized carbons (Fsp3) is 0.300. The van der Waals surface area contributed by atoms with Gasteiger partial charge in [0.25, 0.3) is 5.91 Å². The van der Waals surface area contributed by atoms with E-state index in [9.17, 15) is 32.0 Å². The number of alkyl halides is 3. The molecule has 168 valence electrons. The van der Waals surface area contributed by atoms with E-state index in [1.807, 2.05) is 19.9 Å². The molecule has 0 saturated heterocycles. The van der Waals surface area contributed by atoms with Gasteiger partial charge in [-0.05, 0) is 53.2 Å². The predicted molar refractivity (Wildman–Crippen MR) is 106 cm³/mol. The van der Waals surface area contributed by atoms with Crippen LogP contribution >= 0.6 is 15.9 Å². The molecule has 1 unspecified atom stereocenters. The van der Waals surface area contributed by atoms with E-state index >= 15 is 0 Å². The highest BCUT2D eigenvalue weighted by atomic mass is 79.9. The number of nitrogens with zero attached hydrogens (tertiary/aromatic N) is 1. The minimum Gasteiger partial charge on any atom is -0.489 e. The number of nitrogens with one attached hydrogen (secondary N) is 1. The number of hydrogen-bond donors (Lipinski definition) is 1. The molecule has 0 saturated carbocycles. The summed E-state index contributed by atoms with van der Waals surface area (Å²) in [4.78, 5) is 12.3. The van der Waals surface area contributed by atoms with Crippen molar-refractivity contribution in [3.05, 3.63) is 58.1 Å². The second kappa shape index (κ2) is 10.9. The molecule has 0 radical (unpaired) electrons. The van der Waals surface area contributed by atoms with Crippen molar-refractivity contribution in [2.75, 3.05) is 6.61 Å². The van der Waals surface area contributed by atoms with Gasteiger partial charge in [-0.3, -0.25) is 4.79 Å². The van der Waals surface area contributed by atoms with Crippen LogP contribution in [0.3, 0.4) is 0 Å². The topological polar surface area (TPSA) is 71.3 Å². The minimum absolute atomic E-state index is 0.0324. The van der Waals surface area contributed by atoms with Gasteiger partial charge in [-0.25, -0.2) is 8.78 Å². The second-order valence-electron chi connectivity index (χ2n) is 5.96. The Labute approximate surface area is 183 Å². The molecule has 2 aromatic rings. The molecule has 0 bridgehead atoms. The van der Waals surface area contributed by atoms with Gasteiger partial charge >= 0.3 is 6.36 Å². The largest absolute Gasteiger partial charge is 0.573 e. The smallest absolute Gasteiger partial charge is 0.489 e. The van der Waals surface area contributed by atoms with Crippen molar-refractivity contribution in [3.8, 4) is 17.6 Å². The van der Waals surface area contributed by atoms with Gasteiger partial charge in [0.15, 0.2) is 17.2 Å². The Morgan fingerprint density at radius 1 is 1.13 bits per heavy atom. The summed E-state index contributed by atoms with van der Waals surface area (Å²) in [6, 6.07) is 7.50. The van der Waals surface area contributed by atoms with E-state index in [1.54, 1.807) is 0 Å². The molecule has 1 atom stereocenters. The fourth-order valence-electron chi connectivity index (χ4n) is 2.06. The summed E-state index contributed by atoms with van der Waals surface area (Å²) >= 11 is 2.99. The Balaban J connectivity index is 0.00000233. The molecule has 1 N–H and O–H groups in total. The van der Waals surface area contributed by atoms with Crippen molar-refractivity contribution >= 4 is 21.8 Å². The zero-order chi connectivity index (χ0) is 23.8. The highest BCUT2D eigenvalue weighted by Gasteiger charge is 2.31. The van der Waals surface area contributed by atoms with Gasteiger partial charge in [0, 0.05) is 11.6 Å². The molecular weight excluding hydrogens is 491 g/mol. The molecule has 31 heavy (non-hydrogen) atoms. The lowest BCUT2D eigenvalue weighted by molar-refractivity contribution is -0.274. The Kier molecular flexibility index (Phi) is 9.24. The maximum atomic E-state index is 13.3. The first-order chi connectivity index (χ1) is 14.4. The molecular formula is C20H18BrF5N2O3. The molecule has 5 nitrogen and oxygen atoms in total. The number of benzene rings is 2. The number of halogens is 6. The highest BCUT2D eigenvalue weighted by molar-refractivity contribution is 9.10. The van der Waals surface area contributed by atoms with Crippen LogP contribution in [0, 0.1) is 23.0 Å². The van der Waals surface area contributed by atoms with Gasteiger partial charge < -0.3 is 14.8 Å². The minimum atomic E-state index is -4.87. The fourth-order valence-corrected chi connectivity index (χ4v) is 2.49. The average Bonchev–Trinajstić information content (AvgIpc) is 2.70. The Morgan fingerprint density at radius 2 is 1.68 bits per heavy atom. The third-order valence-corrected chi connectivity index (χ3v) is 4.10. The zero-order valence-electron chi connectivity index (χ0n) is 16.6. The predicted octanol–water partition coefficient (Wildman–Crippen LogP) is 5.74. The number of ether oxygens (including phenoxy) is 2. The first-order valence-corrected chi connectivity index (χ1v) is 9.59. The van der Waals surface area contributed by atoms with Crippen molar-refractivity contribution in [1.82, 2.24) is 5.32 Å². The number of hydrogen-bond acceptors (Lipinski definition) is 4. The van der Waals surface area contributed by atoms with Crippen LogP contribution in [-0.4, -0.2) is 24.4 Å². The van der Waals surface area contributed by atoms with E-state index < -0.39 is 41.8 Å². The number of carbonyl (C=O) groups is 1. The summed E-state index contributed by atoms with van der Waals surface area (Å²) in [5.41, 5.74) is -1.61. The third kappa shape index (κ3) is 8.05. The summed E-state index contributed by atoms with van der Waals surface area (Å²) in [6.45, 7) is 4.90. The summed E-state index contributed by atoms with van der Waals surface area (Å²) in [5.74, 6) is -3.62. The van der Waals surface area contributed by atoms with Gasteiger partial charge in [-0.15, -0.1) is 13.2 Å². The Hall–Kier alpha value is -2.87. The van der Waals surface area contributed by atoms with Crippen LogP contribution in [0.1, 0.15) is 31.1 Å². The number of carbonyl (C=O) groups excluding carboxylic acids is 1. The van der Waals surface area contributed by atoms with Crippen LogP contribution in [0.4, 0.5) is 22.0 Å². The highest BCUT2D eigenvalue weighted by Crippen LogP contribution is 2.28. The first-order valence-electron chi connectivity index (χ1n) is 8.79. The number of rotatable bonds is 6. The number of amides is 1. The van der Waals surface area contributed by atoms with E-state index in [4.69, 9.17) is 4.74 Å². The number of nitriles is 1. The van der Waals surface area contributed by atoms with Crippen LogP contribution in [0.15, 0.2) is 40.9 Å². The van der Waals surface area contributed by atoms with Crippen LogP contribution in [0.5, 0.6) is 11.5 Å². The van der Waals surface area contributed by atoms with Crippen molar-refractivity contribution in [1.29, 1.82) is 5.26 Å². The zero-order valence-corrected chi connectivity index (χ0v) is 18.2. The Bertz CT molecular complexity index is 946. The van der Waals surface area contributed by atoms with Gasteiger partial charge in [0.05, 0.1) is 10.5 Å². The monoisotopic (exact) mass is 508 g/mol. The van der Waals surface area contributed by atoms with E-state index in [-0.39, 0.29) is 15.8 Å². The molecule has 0 fully saturated rings. The molecule has 2 aromatic carbocycles. The SMILES string of the molecule is CC.CC(C#N)(COc1cc(F)c(F)cc1Br)NC(=O)c1ccc(OC(F)(F)F)cc1. The normalized spacial score (nSPS) is 12.5. The molecule has 11 heteroatoms. The van der Waals surface area contributed by atoms with Gasteiger partial charge in [0.1, 0.15) is 18.1 Å². The van der Waals surface area contributed by atoms with Crippen LogP contribution in [-0.2, 0) is 0 Å². The van der Waals surface area contributed by atoms with E-state index in [2.05, 4.69) is 26.0 Å². The molecule has 0 spiro atoms. The molecule has 1 amide bonds. The maximum absolute atomic E-state index is 13.3. The van der Waals surface area contributed by atoms with Crippen molar-refractivity contribution < 1.29 is 36.2 Å². The molecule has 0 aliphatic rings. The van der Waals surface area contributed by atoms with Crippen LogP contribution in [0.2, 0.25) is 0 Å². The van der Waals surface area contributed by atoms with Crippen molar-refractivity contribution in [2.24, 2.45) is 0 Å². The average molecular weight is 509 g/mol. The summed E-state index contributed by atoms with van der Waals surface area (Å²) in [6.07, 6.45) is -4.87. The van der Waals surface area contributed by atoms with Crippen molar-refractivity contribution in [3.63, 3.8) is 0 Å². The van der Waals surface area contributed by atoms with Crippen LogP contribution in [0.25, 0.3) is 0 Å². The van der Waals surface area contributed by atoms with Gasteiger partial charge in [-0.2, -0.15) is 5.26 Å². The van der Waals surface area contributed by atoms with E-state index in [1.165, 1.54) is 6.92 Å². The lowest BCUT2D eigenvalue weighted by Gasteiger charge is -2.24. The summed E-state index contributed by atoms with van der Waals surface area (Å²) in [7, 11) is 0. The lowest BCUT2D eigenvalue weighted by atomic mass is 10.1. The van der Waals surface area contributed by atoms with Gasteiger partial charge in [0.2, 0.25) is 0 Å². The van der Waals surface area contributed by atoms with E-state index in [0.29, 0.717) is 0 Å². The van der Waals surface area contributed by atoms with Crippen LogP contribution < -0.4 is 14.8 Å². The van der Waals surface area contributed by atoms with Crippen molar-refractivity contribution in [2.45, 2.75) is 32.7 Å². The van der Waals surface area contributed by atoms with E-state index in [0.717, 1.165) is 36.4 Å². The Morgan fingerprint density at radius 3 is 2.19 bits per heavy atom. The molecule has 0 heterocycles. The second-order valence-corrected chi connectivity index (χ2v) is 6.81. The van der Waals surface area contributed by atoms with Gasteiger partial charge in [-0.1, -0.05) is 13.8 Å². The molecule has 0 aromatic heterocycles. The summed E-state index contributed by atoms with van der Waals surface area (Å²) in [5, 5.41) is 11.7. The summed E-state index contributed by atoms with van der Waals surface area (Å²) < 4.78 is 72.1. The molecule has 0 aliphatic heterocycles. The lowest BCUT2D eigenvalue weighted by Crippen LogP contribution is -2.49. The molecule has 2 rings (SSSR count). The first kappa shape index (κ1) is 26.2.